The summed E-state index contributed by atoms with van der Waals surface area (Å²) in [6.07, 6.45) is 3.92. The highest BCUT2D eigenvalue weighted by Crippen LogP contribution is 2.15. The molecule has 0 unspecified atom stereocenters. The van der Waals surface area contributed by atoms with Gasteiger partial charge in [0.1, 0.15) is 5.82 Å². The summed E-state index contributed by atoms with van der Waals surface area (Å²) in [5.74, 6) is 0.497. The Morgan fingerprint density at radius 1 is 1.03 bits per heavy atom. The zero-order valence-electron chi connectivity index (χ0n) is 17.8. The van der Waals surface area contributed by atoms with Gasteiger partial charge in [-0.1, -0.05) is 12.1 Å². The van der Waals surface area contributed by atoms with Crippen molar-refractivity contribution >= 4 is 11.6 Å². The standard InChI is InChI=1S/C23H27N5O2/c1-16-20(23(30)26-22(25-16)18-11-13-24-14-12-18)9-10-21(29)28(4)15-17-5-7-19(8-6-17)27(2)3/h5-8,11-14H,9-10,15H2,1-4H3,(H,25,26,30). The number of carbonyl (C=O) groups excluding carboxylic acids is 1. The minimum atomic E-state index is -0.205. The van der Waals surface area contributed by atoms with Gasteiger partial charge in [0.2, 0.25) is 5.91 Å². The van der Waals surface area contributed by atoms with Crippen LogP contribution in [0.3, 0.4) is 0 Å². The fourth-order valence-corrected chi connectivity index (χ4v) is 3.24. The van der Waals surface area contributed by atoms with E-state index in [2.05, 4.69) is 15.0 Å². The first-order valence-electron chi connectivity index (χ1n) is 9.85. The molecule has 0 radical (unpaired) electrons. The SMILES string of the molecule is Cc1nc(-c2ccncc2)[nH]c(=O)c1CCC(=O)N(C)Cc1ccc(N(C)C)cc1. The van der Waals surface area contributed by atoms with Crippen LogP contribution >= 0.6 is 0 Å². The van der Waals surface area contributed by atoms with Crippen LogP contribution in [-0.2, 0) is 17.8 Å². The van der Waals surface area contributed by atoms with Crippen LogP contribution in [0.4, 0.5) is 5.69 Å². The molecule has 1 N–H and O–H groups in total. The van der Waals surface area contributed by atoms with Crippen molar-refractivity contribution in [2.24, 2.45) is 0 Å². The molecule has 0 saturated carbocycles. The summed E-state index contributed by atoms with van der Waals surface area (Å²) >= 11 is 0. The fraction of sp³-hybridized carbons (Fsp3) is 0.304. The van der Waals surface area contributed by atoms with Crippen LogP contribution in [0.5, 0.6) is 0 Å². The number of hydrogen-bond donors (Lipinski definition) is 1. The Morgan fingerprint density at radius 2 is 1.70 bits per heavy atom. The van der Waals surface area contributed by atoms with E-state index in [1.165, 1.54) is 0 Å². The van der Waals surface area contributed by atoms with Crippen LogP contribution in [0.2, 0.25) is 0 Å². The van der Waals surface area contributed by atoms with Gasteiger partial charge >= 0.3 is 0 Å². The normalized spacial score (nSPS) is 10.7. The van der Waals surface area contributed by atoms with Gasteiger partial charge in [0.25, 0.3) is 5.56 Å². The second-order valence-corrected chi connectivity index (χ2v) is 7.53. The summed E-state index contributed by atoms with van der Waals surface area (Å²) in [7, 11) is 5.77. The predicted octanol–water partition coefficient (Wildman–Crippen LogP) is 2.80. The lowest BCUT2D eigenvalue weighted by molar-refractivity contribution is -0.130. The molecule has 30 heavy (non-hydrogen) atoms. The molecule has 0 aliphatic carbocycles. The van der Waals surface area contributed by atoms with Crippen molar-refractivity contribution in [2.75, 3.05) is 26.0 Å². The molecule has 2 heterocycles. The summed E-state index contributed by atoms with van der Waals surface area (Å²) in [6, 6.07) is 11.7. The van der Waals surface area contributed by atoms with Gasteiger partial charge in [-0.05, 0) is 43.2 Å². The lowest BCUT2D eigenvalue weighted by atomic mass is 10.1. The lowest BCUT2D eigenvalue weighted by Gasteiger charge is -2.18. The zero-order valence-corrected chi connectivity index (χ0v) is 17.8. The van der Waals surface area contributed by atoms with E-state index in [1.54, 1.807) is 43.4 Å². The van der Waals surface area contributed by atoms with Gasteiger partial charge in [-0.3, -0.25) is 14.6 Å². The van der Waals surface area contributed by atoms with Crippen LogP contribution in [0.25, 0.3) is 11.4 Å². The first-order valence-corrected chi connectivity index (χ1v) is 9.85. The first kappa shape index (κ1) is 21.2. The summed E-state index contributed by atoms with van der Waals surface area (Å²) in [6.45, 7) is 2.33. The quantitative estimate of drug-likeness (QED) is 0.654. The van der Waals surface area contributed by atoms with E-state index >= 15 is 0 Å². The Hall–Kier alpha value is -3.48. The van der Waals surface area contributed by atoms with Crippen molar-refractivity contribution < 1.29 is 4.79 Å². The molecule has 0 fully saturated rings. The number of hydrogen-bond acceptors (Lipinski definition) is 5. The molecule has 3 rings (SSSR count). The van der Waals surface area contributed by atoms with Crippen LogP contribution in [-0.4, -0.2) is 46.9 Å². The number of anilines is 1. The van der Waals surface area contributed by atoms with Gasteiger partial charge in [0.05, 0.1) is 0 Å². The van der Waals surface area contributed by atoms with Crippen LogP contribution in [0, 0.1) is 6.92 Å². The van der Waals surface area contributed by atoms with Crippen molar-refractivity contribution in [2.45, 2.75) is 26.3 Å². The molecule has 7 heteroatoms. The molecule has 0 atom stereocenters. The molecular weight excluding hydrogens is 378 g/mol. The lowest BCUT2D eigenvalue weighted by Crippen LogP contribution is -2.27. The fourth-order valence-electron chi connectivity index (χ4n) is 3.24. The summed E-state index contributed by atoms with van der Waals surface area (Å²) < 4.78 is 0. The number of aromatic nitrogens is 3. The number of nitrogens with one attached hydrogen (secondary N) is 1. The zero-order chi connectivity index (χ0) is 21.7. The molecular formula is C23H27N5O2. The molecule has 1 aromatic carbocycles. The van der Waals surface area contributed by atoms with E-state index in [4.69, 9.17) is 0 Å². The van der Waals surface area contributed by atoms with E-state index in [0.717, 1.165) is 16.8 Å². The average Bonchev–Trinajstić information content (AvgIpc) is 2.73. The van der Waals surface area contributed by atoms with Gasteiger partial charge in [-0.2, -0.15) is 0 Å². The maximum absolute atomic E-state index is 12.6. The van der Waals surface area contributed by atoms with Gasteiger partial charge in [-0.15, -0.1) is 0 Å². The second kappa shape index (κ2) is 9.35. The van der Waals surface area contributed by atoms with Crippen molar-refractivity contribution in [3.05, 3.63) is 76.0 Å². The summed E-state index contributed by atoms with van der Waals surface area (Å²) in [4.78, 5) is 40.2. The second-order valence-electron chi connectivity index (χ2n) is 7.53. The first-order chi connectivity index (χ1) is 14.3. The smallest absolute Gasteiger partial charge is 0.254 e. The molecule has 2 aromatic heterocycles. The highest BCUT2D eigenvalue weighted by atomic mass is 16.2. The van der Waals surface area contributed by atoms with Crippen molar-refractivity contribution in [3.63, 3.8) is 0 Å². The Bertz CT molecular complexity index is 1060. The molecule has 0 saturated heterocycles. The minimum absolute atomic E-state index is 0.0105. The Kier molecular flexibility index (Phi) is 6.61. The number of aryl methyl sites for hydroxylation is 1. The number of aromatic amines is 1. The highest BCUT2D eigenvalue weighted by molar-refractivity contribution is 5.76. The van der Waals surface area contributed by atoms with Gasteiger partial charge in [0, 0.05) is 69.0 Å². The number of pyridine rings is 1. The Morgan fingerprint density at radius 3 is 2.30 bits per heavy atom. The maximum Gasteiger partial charge on any atom is 0.254 e. The van der Waals surface area contributed by atoms with E-state index in [-0.39, 0.29) is 17.9 Å². The van der Waals surface area contributed by atoms with E-state index in [0.29, 0.717) is 30.0 Å². The van der Waals surface area contributed by atoms with Crippen molar-refractivity contribution in [1.29, 1.82) is 0 Å². The number of amides is 1. The van der Waals surface area contributed by atoms with E-state index in [1.807, 2.05) is 43.3 Å². The number of rotatable bonds is 7. The molecule has 7 nitrogen and oxygen atoms in total. The van der Waals surface area contributed by atoms with Gasteiger partial charge in [-0.25, -0.2) is 4.98 Å². The molecule has 1 amide bonds. The van der Waals surface area contributed by atoms with Gasteiger partial charge in [0.15, 0.2) is 0 Å². The molecule has 0 bridgehead atoms. The van der Waals surface area contributed by atoms with E-state index in [9.17, 15) is 9.59 Å². The largest absolute Gasteiger partial charge is 0.378 e. The number of H-pyrrole nitrogens is 1. The third-order valence-electron chi connectivity index (χ3n) is 5.06. The predicted molar refractivity (Wildman–Crippen MR) is 118 cm³/mol. The summed E-state index contributed by atoms with van der Waals surface area (Å²) in [5, 5.41) is 0. The van der Waals surface area contributed by atoms with Gasteiger partial charge < -0.3 is 14.8 Å². The minimum Gasteiger partial charge on any atom is -0.378 e. The third kappa shape index (κ3) is 5.11. The topological polar surface area (TPSA) is 82.2 Å². The Balaban J connectivity index is 1.63. The molecule has 0 spiro atoms. The molecule has 0 aliphatic heterocycles. The van der Waals surface area contributed by atoms with Crippen LogP contribution < -0.4 is 10.5 Å². The Labute approximate surface area is 176 Å². The van der Waals surface area contributed by atoms with E-state index < -0.39 is 0 Å². The maximum atomic E-state index is 12.6. The number of nitrogens with zero attached hydrogens (tertiary/aromatic N) is 4. The monoisotopic (exact) mass is 405 g/mol. The van der Waals surface area contributed by atoms with Crippen molar-refractivity contribution in [1.82, 2.24) is 19.9 Å². The number of benzene rings is 1. The molecule has 3 aromatic rings. The van der Waals surface area contributed by atoms with Crippen molar-refractivity contribution in [3.8, 4) is 11.4 Å². The third-order valence-corrected chi connectivity index (χ3v) is 5.06. The molecule has 0 aliphatic rings. The van der Waals surface area contributed by atoms with Crippen LogP contribution in [0.15, 0.2) is 53.6 Å². The average molecular weight is 406 g/mol. The summed E-state index contributed by atoms with van der Waals surface area (Å²) in [5.41, 5.74) is 3.96. The number of carbonyl (C=O) groups is 1. The van der Waals surface area contributed by atoms with Crippen LogP contribution in [0.1, 0.15) is 23.2 Å². The highest BCUT2D eigenvalue weighted by Gasteiger charge is 2.14. The molecule has 156 valence electrons.